The zero-order chi connectivity index (χ0) is 10.8. The third-order valence-corrected chi connectivity index (χ3v) is 2.47. The van der Waals surface area contributed by atoms with Crippen molar-refractivity contribution in [2.24, 2.45) is 5.41 Å². The van der Waals surface area contributed by atoms with Crippen LogP contribution in [0.15, 0.2) is 0 Å². The molecule has 0 bridgehead atoms. The minimum Gasteiger partial charge on any atom is -0.453 e. The van der Waals surface area contributed by atoms with Crippen molar-refractivity contribution in [1.29, 1.82) is 0 Å². The molecule has 1 saturated heterocycles. The summed E-state index contributed by atoms with van der Waals surface area (Å²) in [5, 5.41) is 0. The van der Waals surface area contributed by atoms with Crippen LogP contribution in [0.5, 0.6) is 0 Å². The minimum atomic E-state index is -0.262. The molecule has 0 N–H and O–H groups in total. The van der Waals surface area contributed by atoms with Crippen molar-refractivity contribution in [3.8, 4) is 0 Å². The molecule has 0 aromatic carbocycles. The van der Waals surface area contributed by atoms with E-state index >= 15 is 0 Å². The summed E-state index contributed by atoms with van der Waals surface area (Å²) in [7, 11) is 1.41. The number of nitrogens with zero attached hydrogens (tertiary/aromatic N) is 1. The van der Waals surface area contributed by atoms with Gasteiger partial charge in [0.15, 0.2) is 0 Å². The maximum Gasteiger partial charge on any atom is 0.409 e. The number of carbonyl (C=O) groups is 1. The molecule has 0 aromatic heterocycles. The molecule has 0 spiro atoms. The van der Waals surface area contributed by atoms with E-state index in [0.29, 0.717) is 19.7 Å². The quantitative estimate of drug-likeness (QED) is 0.596. The molecule has 4 nitrogen and oxygen atoms in total. The molecule has 0 radical (unpaired) electrons. The molecule has 0 aliphatic carbocycles. The topological polar surface area (TPSA) is 38.8 Å². The first-order chi connectivity index (χ1) is 6.45. The number of rotatable bonds is 0. The van der Waals surface area contributed by atoms with E-state index in [2.05, 4.69) is 25.5 Å². The van der Waals surface area contributed by atoms with Gasteiger partial charge in [0.1, 0.15) is 0 Å². The largest absolute Gasteiger partial charge is 0.453 e. The van der Waals surface area contributed by atoms with Gasteiger partial charge >= 0.3 is 6.09 Å². The molecule has 1 rings (SSSR count). The Hall–Kier alpha value is -0.770. The van der Waals surface area contributed by atoms with Crippen molar-refractivity contribution in [3.05, 3.63) is 0 Å². The Labute approximate surface area is 85.2 Å². The van der Waals surface area contributed by atoms with Gasteiger partial charge < -0.3 is 14.4 Å². The summed E-state index contributed by atoms with van der Waals surface area (Å²) in [6.07, 6.45) is -0.169. The van der Waals surface area contributed by atoms with Crippen LogP contribution < -0.4 is 0 Å². The minimum absolute atomic E-state index is 0.0622. The lowest BCUT2D eigenvalue weighted by molar-refractivity contribution is -0.0736. The van der Waals surface area contributed by atoms with Gasteiger partial charge in [-0.25, -0.2) is 4.79 Å². The second-order valence-corrected chi connectivity index (χ2v) is 4.64. The summed E-state index contributed by atoms with van der Waals surface area (Å²) >= 11 is 0. The number of hydrogen-bond acceptors (Lipinski definition) is 3. The average molecular weight is 201 g/mol. The Kier molecular flexibility index (Phi) is 3.37. The molecular weight excluding hydrogens is 182 g/mol. The van der Waals surface area contributed by atoms with E-state index in [-0.39, 0.29) is 17.6 Å². The van der Waals surface area contributed by atoms with E-state index in [0.717, 1.165) is 0 Å². The monoisotopic (exact) mass is 201 g/mol. The molecule has 0 saturated carbocycles. The van der Waals surface area contributed by atoms with Gasteiger partial charge in [-0.15, -0.1) is 0 Å². The Morgan fingerprint density at radius 1 is 1.50 bits per heavy atom. The number of amides is 1. The van der Waals surface area contributed by atoms with Gasteiger partial charge in [0.25, 0.3) is 0 Å². The first kappa shape index (κ1) is 11.3. The number of hydrogen-bond donors (Lipinski definition) is 0. The summed E-state index contributed by atoms with van der Waals surface area (Å²) in [6, 6.07) is 0. The number of methoxy groups -OCH3 is 1. The Bertz CT molecular complexity index is 210. The first-order valence-corrected chi connectivity index (χ1v) is 4.89. The number of carbonyl (C=O) groups excluding carboxylic acids is 1. The Morgan fingerprint density at radius 3 is 2.64 bits per heavy atom. The van der Waals surface area contributed by atoms with E-state index in [4.69, 9.17) is 4.74 Å². The predicted molar refractivity (Wildman–Crippen MR) is 53.2 cm³/mol. The van der Waals surface area contributed by atoms with Crippen molar-refractivity contribution in [3.63, 3.8) is 0 Å². The average Bonchev–Trinajstić information content (AvgIpc) is 2.15. The highest BCUT2D eigenvalue weighted by molar-refractivity contribution is 5.67. The fraction of sp³-hybridized carbons (Fsp3) is 0.900. The van der Waals surface area contributed by atoms with Crippen LogP contribution in [-0.2, 0) is 9.47 Å². The van der Waals surface area contributed by atoms with E-state index in [1.54, 1.807) is 4.90 Å². The van der Waals surface area contributed by atoms with Crippen molar-refractivity contribution in [1.82, 2.24) is 4.90 Å². The third kappa shape index (κ3) is 2.61. The molecule has 1 aliphatic heterocycles. The maximum absolute atomic E-state index is 11.3. The molecular formula is C10H19NO3. The van der Waals surface area contributed by atoms with E-state index in [1.165, 1.54) is 7.11 Å². The molecule has 82 valence electrons. The van der Waals surface area contributed by atoms with Crippen molar-refractivity contribution >= 4 is 6.09 Å². The van der Waals surface area contributed by atoms with Gasteiger partial charge in [0.2, 0.25) is 0 Å². The molecule has 14 heavy (non-hydrogen) atoms. The summed E-state index contributed by atoms with van der Waals surface area (Å²) in [4.78, 5) is 13.0. The van der Waals surface area contributed by atoms with E-state index in [1.807, 2.05) is 0 Å². The van der Waals surface area contributed by atoms with Crippen molar-refractivity contribution in [2.75, 3.05) is 26.8 Å². The fourth-order valence-electron chi connectivity index (χ4n) is 1.47. The van der Waals surface area contributed by atoms with Gasteiger partial charge in [-0.05, 0) is 5.41 Å². The molecule has 1 heterocycles. The Balaban J connectivity index is 2.56. The molecule has 1 fully saturated rings. The first-order valence-electron chi connectivity index (χ1n) is 4.89. The van der Waals surface area contributed by atoms with Crippen LogP contribution in [0.3, 0.4) is 0 Å². The van der Waals surface area contributed by atoms with Gasteiger partial charge in [0.05, 0.1) is 26.4 Å². The summed E-state index contributed by atoms with van der Waals surface area (Å²) in [6.45, 7) is 8.17. The van der Waals surface area contributed by atoms with Crippen LogP contribution in [0.4, 0.5) is 4.79 Å². The van der Waals surface area contributed by atoms with Gasteiger partial charge in [-0.3, -0.25) is 0 Å². The number of morpholine rings is 1. The SMILES string of the molecule is COC(=O)N1CCOC(C(C)(C)C)C1. The highest BCUT2D eigenvalue weighted by Gasteiger charge is 2.32. The normalized spacial score (nSPS) is 23.4. The molecule has 1 unspecified atom stereocenters. The maximum atomic E-state index is 11.3. The van der Waals surface area contributed by atoms with Crippen LogP contribution in [-0.4, -0.2) is 43.9 Å². The van der Waals surface area contributed by atoms with Crippen molar-refractivity contribution < 1.29 is 14.3 Å². The molecule has 1 amide bonds. The molecule has 0 aromatic rings. The Morgan fingerprint density at radius 2 is 2.14 bits per heavy atom. The van der Waals surface area contributed by atoms with Crippen LogP contribution in [0.2, 0.25) is 0 Å². The summed E-state index contributed by atoms with van der Waals surface area (Å²) in [5.74, 6) is 0. The molecule has 1 atom stereocenters. The molecule has 4 heteroatoms. The highest BCUT2D eigenvalue weighted by Crippen LogP contribution is 2.25. The standard InChI is InChI=1S/C10H19NO3/c1-10(2,3)8-7-11(5-6-14-8)9(12)13-4/h8H,5-7H2,1-4H3. The van der Waals surface area contributed by atoms with Crippen LogP contribution in [0.1, 0.15) is 20.8 Å². The van der Waals surface area contributed by atoms with Crippen molar-refractivity contribution in [2.45, 2.75) is 26.9 Å². The summed E-state index contributed by atoms with van der Waals surface area (Å²) < 4.78 is 10.3. The zero-order valence-electron chi connectivity index (χ0n) is 9.37. The fourth-order valence-corrected chi connectivity index (χ4v) is 1.47. The lowest BCUT2D eigenvalue weighted by atomic mass is 9.88. The summed E-state index contributed by atoms with van der Waals surface area (Å²) in [5.41, 5.74) is 0.0622. The third-order valence-electron chi connectivity index (χ3n) is 2.47. The van der Waals surface area contributed by atoms with E-state index < -0.39 is 0 Å². The van der Waals surface area contributed by atoms with Gasteiger partial charge in [-0.2, -0.15) is 0 Å². The second kappa shape index (κ2) is 4.17. The van der Waals surface area contributed by atoms with E-state index in [9.17, 15) is 4.79 Å². The zero-order valence-corrected chi connectivity index (χ0v) is 9.37. The van der Waals surface area contributed by atoms with Gasteiger partial charge in [-0.1, -0.05) is 20.8 Å². The lowest BCUT2D eigenvalue weighted by Gasteiger charge is -2.38. The van der Waals surface area contributed by atoms with Crippen LogP contribution in [0, 0.1) is 5.41 Å². The molecule has 1 aliphatic rings. The lowest BCUT2D eigenvalue weighted by Crippen LogP contribution is -2.50. The second-order valence-electron chi connectivity index (χ2n) is 4.64. The van der Waals surface area contributed by atoms with Crippen LogP contribution in [0.25, 0.3) is 0 Å². The number of ether oxygens (including phenoxy) is 2. The smallest absolute Gasteiger partial charge is 0.409 e. The van der Waals surface area contributed by atoms with Crippen LogP contribution >= 0.6 is 0 Å². The predicted octanol–water partition coefficient (Wildman–Crippen LogP) is 1.50. The highest BCUT2D eigenvalue weighted by atomic mass is 16.5. The van der Waals surface area contributed by atoms with Gasteiger partial charge in [0, 0.05) is 6.54 Å².